The first-order valence-electron chi connectivity index (χ1n) is 2.48. The molecule has 0 fully saturated rings. The van der Waals surface area contributed by atoms with Crippen LogP contribution in [0.4, 0.5) is 0 Å². The fraction of sp³-hybridized carbons (Fsp3) is 0.333. The summed E-state index contributed by atoms with van der Waals surface area (Å²) >= 11 is 0. The molecule has 0 aromatic rings. The van der Waals surface area contributed by atoms with Crippen LogP contribution in [0.2, 0.25) is 0 Å². The Hall–Kier alpha value is -1.68. The average Bonchev–Trinajstić information content (AvgIpc) is 1.89. The maximum atomic E-state index is 10.4. The number of nitriles is 1. The SMILES string of the molecule is [C-]#[N+]CC(=O)C(=O)CC#N. The molecule has 0 amide bonds. The van der Waals surface area contributed by atoms with Crippen molar-refractivity contribution in [3.8, 4) is 6.07 Å². The van der Waals surface area contributed by atoms with E-state index in [0.717, 1.165) is 0 Å². The van der Waals surface area contributed by atoms with E-state index in [-0.39, 0.29) is 0 Å². The largest absolute Gasteiger partial charge is 0.308 e. The molecule has 0 saturated heterocycles. The molecular formula is C6H4N2O2. The van der Waals surface area contributed by atoms with E-state index in [9.17, 15) is 9.59 Å². The van der Waals surface area contributed by atoms with Gasteiger partial charge in [0.15, 0.2) is 0 Å². The van der Waals surface area contributed by atoms with Gasteiger partial charge in [0.05, 0.1) is 6.07 Å². The van der Waals surface area contributed by atoms with Crippen LogP contribution < -0.4 is 0 Å². The molecule has 0 radical (unpaired) electrons. The number of nitrogens with zero attached hydrogens (tertiary/aromatic N) is 2. The second-order valence-electron chi connectivity index (χ2n) is 1.50. The Labute approximate surface area is 57.9 Å². The minimum atomic E-state index is -0.781. The van der Waals surface area contributed by atoms with Gasteiger partial charge in [-0.3, -0.25) is 9.59 Å². The molecule has 0 unspecified atom stereocenters. The van der Waals surface area contributed by atoms with E-state index in [1.165, 1.54) is 6.07 Å². The molecule has 0 spiro atoms. The van der Waals surface area contributed by atoms with Crippen molar-refractivity contribution in [2.75, 3.05) is 6.54 Å². The van der Waals surface area contributed by atoms with Crippen molar-refractivity contribution >= 4 is 11.6 Å². The molecule has 0 bridgehead atoms. The van der Waals surface area contributed by atoms with E-state index in [1.807, 2.05) is 0 Å². The zero-order chi connectivity index (χ0) is 7.98. The molecule has 0 aromatic heterocycles. The van der Waals surface area contributed by atoms with Gasteiger partial charge < -0.3 is 4.85 Å². The normalized spacial score (nSPS) is 7.40. The highest BCUT2D eigenvalue weighted by atomic mass is 16.2. The average molecular weight is 136 g/mol. The Balaban J connectivity index is 3.89. The van der Waals surface area contributed by atoms with Crippen LogP contribution in [-0.4, -0.2) is 18.1 Å². The van der Waals surface area contributed by atoms with Gasteiger partial charge in [-0.15, -0.1) is 0 Å². The number of Topliss-reactive ketones (excluding diaryl/α,β-unsaturated/α-hetero) is 2. The Morgan fingerprint density at radius 1 is 1.50 bits per heavy atom. The van der Waals surface area contributed by atoms with Crippen LogP contribution in [0.5, 0.6) is 0 Å². The van der Waals surface area contributed by atoms with E-state index in [1.54, 1.807) is 0 Å². The van der Waals surface area contributed by atoms with Gasteiger partial charge in [-0.2, -0.15) is 5.26 Å². The van der Waals surface area contributed by atoms with Crippen LogP contribution in [0.25, 0.3) is 4.85 Å². The van der Waals surface area contributed by atoms with E-state index in [0.29, 0.717) is 0 Å². The molecule has 10 heavy (non-hydrogen) atoms. The molecule has 0 aliphatic heterocycles. The first-order valence-corrected chi connectivity index (χ1v) is 2.48. The maximum Gasteiger partial charge on any atom is 0.279 e. The van der Waals surface area contributed by atoms with Crippen molar-refractivity contribution in [2.24, 2.45) is 0 Å². The minimum Gasteiger partial charge on any atom is -0.308 e. The third kappa shape index (κ3) is 2.58. The summed E-state index contributed by atoms with van der Waals surface area (Å²) < 4.78 is 0. The van der Waals surface area contributed by atoms with E-state index in [2.05, 4.69) is 4.85 Å². The lowest BCUT2D eigenvalue weighted by molar-refractivity contribution is -0.134. The van der Waals surface area contributed by atoms with Crippen molar-refractivity contribution in [2.45, 2.75) is 6.42 Å². The zero-order valence-electron chi connectivity index (χ0n) is 5.13. The lowest BCUT2D eigenvalue weighted by Crippen LogP contribution is -2.14. The molecule has 4 nitrogen and oxygen atoms in total. The van der Waals surface area contributed by atoms with Crippen LogP contribution in [-0.2, 0) is 9.59 Å². The summed E-state index contributed by atoms with van der Waals surface area (Å²) in [7, 11) is 0. The van der Waals surface area contributed by atoms with E-state index >= 15 is 0 Å². The number of ketones is 2. The number of rotatable bonds is 3. The van der Waals surface area contributed by atoms with Crippen molar-refractivity contribution in [1.29, 1.82) is 5.26 Å². The highest BCUT2D eigenvalue weighted by molar-refractivity contribution is 6.38. The van der Waals surface area contributed by atoms with Crippen LogP contribution in [0.3, 0.4) is 0 Å². The predicted octanol–water partition coefficient (Wildman–Crippen LogP) is -0.0424. The molecule has 50 valence electrons. The number of carbonyl (C=O) groups is 2. The summed E-state index contributed by atoms with van der Waals surface area (Å²) in [4.78, 5) is 23.5. The summed E-state index contributed by atoms with van der Waals surface area (Å²) in [5.74, 6) is -1.56. The summed E-state index contributed by atoms with van der Waals surface area (Å²) in [6.07, 6.45) is -0.422. The standard InChI is InChI=1S/C6H4N2O2/c1-8-4-6(10)5(9)2-3-7/h2,4H2. The molecule has 0 heterocycles. The Bertz CT molecular complexity index is 205. The van der Waals surface area contributed by atoms with Gasteiger partial charge in [-0.05, 0) is 0 Å². The Morgan fingerprint density at radius 2 is 2.10 bits per heavy atom. The van der Waals surface area contributed by atoms with Crippen LogP contribution >= 0.6 is 0 Å². The minimum absolute atomic E-state index is 0.422. The highest BCUT2D eigenvalue weighted by Crippen LogP contribution is 1.83. The van der Waals surface area contributed by atoms with Crippen molar-refractivity contribution in [1.82, 2.24) is 0 Å². The topological polar surface area (TPSA) is 62.3 Å². The molecule has 0 aromatic carbocycles. The predicted molar refractivity (Wildman–Crippen MR) is 31.7 cm³/mol. The monoisotopic (exact) mass is 136 g/mol. The smallest absolute Gasteiger partial charge is 0.279 e. The van der Waals surface area contributed by atoms with Crippen LogP contribution in [0.15, 0.2) is 0 Å². The maximum absolute atomic E-state index is 10.4. The Morgan fingerprint density at radius 3 is 2.50 bits per heavy atom. The van der Waals surface area contributed by atoms with Gasteiger partial charge in [0.1, 0.15) is 6.42 Å². The molecule has 0 saturated carbocycles. The molecular weight excluding hydrogens is 132 g/mol. The second-order valence-corrected chi connectivity index (χ2v) is 1.50. The lowest BCUT2D eigenvalue weighted by Gasteiger charge is -1.82. The summed E-state index contributed by atoms with van der Waals surface area (Å²) in [6, 6.07) is 1.53. The summed E-state index contributed by atoms with van der Waals surface area (Å²) in [6.45, 7) is 5.78. The molecule has 0 aliphatic rings. The number of hydrogen-bond acceptors (Lipinski definition) is 3. The highest BCUT2D eigenvalue weighted by Gasteiger charge is 2.14. The first kappa shape index (κ1) is 8.32. The van der Waals surface area contributed by atoms with Crippen molar-refractivity contribution in [3.05, 3.63) is 11.4 Å². The summed E-state index contributed by atoms with van der Waals surface area (Å²) in [5.41, 5.74) is 0. The van der Waals surface area contributed by atoms with Gasteiger partial charge in [0.25, 0.3) is 12.3 Å². The van der Waals surface area contributed by atoms with Gasteiger partial charge in [0.2, 0.25) is 5.78 Å². The third-order valence-electron chi connectivity index (χ3n) is 0.773. The molecule has 0 rings (SSSR count). The van der Waals surface area contributed by atoms with Gasteiger partial charge in [-0.1, -0.05) is 0 Å². The third-order valence-corrected chi connectivity index (χ3v) is 0.773. The van der Waals surface area contributed by atoms with Gasteiger partial charge in [0, 0.05) is 0 Å². The molecule has 0 atom stereocenters. The number of carbonyl (C=O) groups excluding carboxylic acids is 2. The second kappa shape index (κ2) is 4.22. The van der Waals surface area contributed by atoms with Crippen LogP contribution in [0, 0.1) is 17.9 Å². The number of hydrogen-bond donors (Lipinski definition) is 0. The van der Waals surface area contributed by atoms with Crippen molar-refractivity contribution in [3.63, 3.8) is 0 Å². The molecule has 4 heteroatoms. The van der Waals surface area contributed by atoms with Crippen molar-refractivity contribution < 1.29 is 9.59 Å². The van der Waals surface area contributed by atoms with Gasteiger partial charge >= 0.3 is 0 Å². The lowest BCUT2D eigenvalue weighted by atomic mass is 10.2. The Kier molecular flexibility index (Phi) is 3.51. The summed E-state index contributed by atoms with van der Waals surface area (Å²) in [5, 5.41) is 7.95. The fourth-order valence-corrected chi connectivity index (χ4v) is 0.330. The van der Waals surface area contributed by atoms with Gasteiger partial charge in [-0.25, -0.2) is 6.57 Å². The zero-order valence-corrected chi connectivity index (χ0v) is 5.13. The molecule has 0 aliphatic carbocycles. The van der Waals surface area contributed by atoms with Crippen LogP contribution in [0.1, 0.15) is 6.42 Å². The first-order chi connectivity index (χ1) is 4.72. The van der Waals surface area contributed by atoms with E-state index in [4.69, 9.17) is 11.8 Å². The fourth-order valence-electron chi connectivity index (χ4n) is 0.330. The molecule has 0 N–H and O–H groups in total. The van der Waals surface area contributed by atoms with E-state index < -0.39 is 24.5 Å². The quantitative estimate of drug-likeness (QED) is 0.404.